The zero-order valence-corrected chi connectivity index (χ0v) is 14.4. The Labute approximate surface area is 151 Å². The third-order valence-electron chi connectivity index (χ3n) is 3.63. The number of aromatic nitrogens is 2. The average Bonchev–Trinajstić information content (AvgIpc) is 2.64. The summed E-state index contributed by atoms with van der Waals surface area (Å²) >= 11 is 6.16. The molecule has 2 aromatic carbocycles. The fourth-order valence-electron chi connectivity index (χ4n) is 2.26. The maximum Gasteiger partial charge on any atom is 0.159 e. The van der Waals surface area contributed by atoms with Crippen molar-refractivity contribution in [2.75, 3.05) is 23.5 Å². The van der Waals surface area contributed by atoms with Crippen LogP contribution in [0.15, 0.2) is 54.9 Å². The van der Waals surface area contributed by atoms with Gasteiger partial charge in [0.25, 0.3) is 0 Å². The van der Waals surface area contributed by atoms with Crippen molar-refractivity contribution >= 4 is 34.6 Å². The lowest BCUT2D eigenvalue weighted by Gasteiger charge is -2.13. The summed E-state index contributed by atoms with van der Waals surface area (Å²) in [5.74, 6) is 1.87. The van der Waals surface area contributed by atoms with E-state index in [0.29, 0.717) is 28.9 Å². The van der Waals surface area contributed by atoms with Crippen LogP contribution >= 0.6 is 11.6 Å². The molecule has 0 amide bonds. The standard InChI is InChI=1S/C18H18ClN5O/c1-25-13-8-6-12(7-9-13)10-21-17-16(20)18(23-11-22-17)24-15-5-3-2-4-14(15)19/h2-9,11H,10,20H2,1H3,(H2,21,22,23,24). The molecule has 3 rings (SSSR count). The Bertz CT molecular complexity index is 854. The number of nitrogens with one attached hydrogen (secondary N) is 2. The number of nitrogens with zero attached hydrogens (tertiary/aromatic N) is 2. The van der Waals surface area contributed by atoms with Crippen molar-refractivity contribution < 1.29 is 4.74 Å². The topological polar surface area (TPSA) is 85.1 Å². The molecule has 0 radical (unpaired) electrons. The van der Waals surface area contributed by atoms with E-state index in [1.165, 1.54) is 6.33 Å². The molecule has 1 aromatic heterocycles. The lowest BCUT2D eigenvalue weighted by molar-refractivity contribution is 0.414. The van der Waals surface area contributed by atoms with Crippen LogP contribution in [0.2, 0.25) is 5.02 Å². The Morgan fingerprint density at radius 3 is 2.48 bits per heavy atom. The number of halogens is 1. The van der Waals surface area contributed by atoms with Crippen LogP contribution in [-0.4, -0.2) is 17.1 Å². The van der Waals surface area contributed by atoms with E-state index in [4.69, 9.17) is 22.1 Å². The first-order valence-electron chi connectivity index (χ1n) is 7.66. The zero-order valence-electron chi connectivity index (χ0n) is 13.7. The van der Waals surface area contributed by atoms with E-state index in [0.717, 1.165) is 17.0 Å². The highest BCUT2D eigenvalue weighted by molar-refractivity contribution is 6.33. The number of hydrogen-bond acceptors (Lipinski definition) is 6. The molecular formula is C18H18ClN5O. The Hall–Kier alpha value is -2.99. The number of rotatable bonds is 6. The van der Waals surface area contributed by atoms with Gasteiger partial charge in [0.05, 0.1) is 17.8 Å². The highest BCUT2D eigenvalue weighted by Gasteiger charge is 2.09. The van der Waals surface area contributed by atoms with Gasteiger partial charge in [-0.2, -0.15) is 0 Å². The molecule has 0 aliphatic heterocycles. The first-order chi connectivity index (χ1) is 12.2. The summed E-state index contributed by atoms with van der Waals surface area (Å²) in [6, 6.07) is 15.2. The van der Waals surface area contributed by atoms with E-state index >= 15 is 0 Å². The maximum atomic E-state index is 6.18. The minimum absolute atomic E-state index is 0.427. The SMILES string of the molecule is COc1ccc(CNc2ncnc(Nc3ccccc3Cl)c2N)cc1. The van der Waals surface area contributed by atoms with Gasteiger partial charge in [-0.1, -0.05) is 35.9 Å². The lowest BCUT2D eigenvalue weighted by atomic mass is 10.2. The fourth-order valence-corrected chi connectivity index (χ4v) is 2.44. The molecular weight excluding hydrogens is 338 g/mol. The molecule has 0 aliphatic rings. The Balaban J connectivity index is 1.73. The number of para-hydroxylation sites is 1. The monoisotopic (exact) mass is 355 g/mol. The molecule has 0 fully saturated rings. The van der Waals surface area contributed by atoms with E-state index < -0.39 is 0 Å². The van der Waals surface area contributed by atoms with Crippen LogP contribution in [0.4, 0.5) is 23.0 Å². The summed E-state index contributed by atoms with van der Waals surface area (Å²) in [6.07, 6.45) is 1.45. The van der Waals surface area contributed by atoms with Gasteiger partial charge in [-0.15, -0.1) is 0 Å². The fraction of sp³-hybridized carbons (Fsp3) is 0.111. The van der Waals surface area contributed by atoms with Crippen LogP contribution in [-0.2, 0) is 6.54 Å². The molecule has 0 saturated carbocycles. The minimum atomic E-state index is 0.427. The van der Waals surface area contributed by atoms with E-state index in [2.05, 4.69) is 20.6 Å². The van der Waals surface area contributed by atoms with Crippen molar-refractivity contribution in [3.8, 4) is 5.75 Å². The summed E-state index contributed by atoms with van der Waals surface area (Å²) in [5.41, 5.74) is 8.42. The predicted molar refractivity (Wildman–Crippen MR) is 101 cm³/mol. The molecule has 0 atom stereocenters. The number of methoxy groups -OCH3 is 1. The molecule has 0 aliphatic carbocycles. The van der Waals surface area contributed by atoms with E-state index in [1.54, 1.807) is 13.2 Å². The van der Waals surface area contributed by atoms with Gasteiger partial charge in [0, 0.05) is 6.54 Å². The second-order valence-corrected chi connectivity index (χ2v) is 5.70. The van der Waals surface area contributed by atoms with Gasteiger partial charge in [0.15, 0.2) is 11.6 Å². The Morgan fingerprint density at radius 1 is 1.04 bits per heavy atom. The summed E-state index contributed by atoms with van der Waals surface area (Å²) in [6.45, 7) is 0.580. The Kier molecular flexibility index (Phi) is 5.20. The molecule has 3 aromatic rings. The second-order valence-electron chi connectivity index (χ2n) is 5.29. The van der Waals surface area contributed by atoms with Crippen LogP contribution in [0.5, 0.6) is 5.75 Å². The summed E-state index contributed by atoms with van der Waals surface area (Å²) in [4.78, 5) is 8.40. The predicted octanol–water partition coefficient (Wildman–Crippen LogP) is 4.08. The van der Waals surface area contributed by atoms with Gasteiger partial charge in [0.1, 0.15) is 17.8 Å². The van der Waals surface area contributed by atoms with Gasteiger partial charge in [0.2, 0.25) is 0 Å². The first kappa shape index (κ1) is 16.9. The van der Waals surface area contributed by atoms with Crippen molar-refractivity contribution in [3.63, 3.8) is 0 Å². The van der Waals surface area contributed by atoms with Gasteiger partial charge in [-0.3, -0.25) is 0 Å². The number of ether oxygens (including phenoxy) is 1. The third kappa shape index (κ3) is 4.10. The lowest BCUT2D eigenvalue weighted by Crippen LogP contribution is -2.08. The first-order valence-corrected chi connectivity index (χ1v) is 8.04. The molecule has 1 heterocycles. The van der Waals surface area contributed by atoms with Gasteiger partial charge in [-0.25, -0.2) is 9.97 Å². The van der Waals surface area contributed by atoms with Crippen molar-refractivity contribution in [1.29, 1.82) is 0 Å². The van der Waals surface area contributed by atoms with Crippen molar-refractivity contribution in [2.45, 2.75) is 6.54 Å². The van der Waals surface area contributed by atoms with E-state index in [9.17, 15) is 0 Å². The number of hydrogen-bond donors (Lipinski definition) is 3. The normalized spacial score (nSPS) is 10.3. The van der Waals surface area contributed by atoms with Crippen molar-refractivity contribution in [2.24, 2.45) is 0 Å². The Morgan fingerprint density at radius 2 is 1.76 bits per heavy atom. The average molecular weight is 356 g/mol. The summed E-state index contributed by atoms with van der Waals surface area (Å²) in [5, 5.41) is 6.94. The van der Waals surface area contributed by atoms with Crippen LogP contribution in [0, 0.1) is 0 Å². The summed E-state index contributed by atoms with van der Waals surface area (Å²) in [7, 11) is 1.64. The third-order valence-corrected chi connectivity index (χ3v) is 3.96. The molecule has 6 nitrogen and oxygen atoms in total. The van der Waals surface area contributed by atoms with Gasteiger partial charge in [-0.05, 0) is 29.8 Å². The quantitative estimate of drug-likeness (QED) is 0.618. The number of anilines is 4. The molecule has 0 unspecified atom stereocenters. The molecule has 7 heteroatoms. The van der Waals surface area contributed by atoms with Crippen LogP contribution in [0.3, 0.4) is 0 Å². The second kappa shape index (κ2) is 7.72. The molecule has 0 bridgehead atoms. The molecule has 0 saturated heterocycles. The van der Waals surface area contributed by atoms with Crippen LogP contribution in [0.1, 0.15) is 5.56 Å². The largest absolute Gasteiger partial charge is 0.497 e. The number of benzene rings is 2. The highest BCUT2D eigenvalue weighted by Crippen LogP contribution is 2.29. The van der Waals surface area contributed by atoms with E-state index in [-0.39, 0.29) is 0 Å². The highest BCUT2D eigenvalue weighted by atomic mass is 35.5. The minimum Gasteiger partial charge on any atom is -0.497 e. The van der Waals surface area contributed by atoms with Crippen molar-refractivity contribution in [1.82, 2.24) is 9.97 Å². The molecule has 4 N–H and O–H groups in total. The summed E-state index contributed by atoms with van der Waals surface area (Å²) < 4.78 is 5.15. The smallest absolute Gasteiger partial charge is 0.159 e. The number of nitrogen functional groups attached to an aromatic ring is 1. The van der Waals surface area contributed by atoms with Crippen molar-refractivity contribution in [3.05, 3.63) is 65.4 Å². The maximum absolute atomic E-state index is 6.18. The van der Waals surface area contributed by atoms with E-state index in [1.807, 2.05) is 42.5 Å². The van der Waals surface area contributed by atoms with Gasteiger partial charge >= 0.3 is 0 Å². The molecule has 25 heavy (non-hydrogen) atoms. The molecule has 0 spiro atoms. The van der Waals surface area contributed by atoms with Crippen LogP contribution in [0.25, 0.3) is 0 Å². The van der Waals surface area contributed by atoms with Crippen LogP contribution < -0.4 is 21.1 Å². The molecule has 128 valence electrons. The van der Waals surface area contributed by atoms with Gasteiger partial charge < -0.3 is 21.1 Å². The number of nitrogens with two attached hydrogens (primary N) is 1. The zero-order chi connectivity index (χ0) is 17.6.